The van der Waals surface area contributed by atoms with Gasteiger partial charge in [0.2, 0.25) is 5.91 Å². The molecule has 0 aromatic heterocycles. The fraction of sp³-hybridized carbons (Fsp3) is 0.750. The van der Waals surface area contributed by atoms with Crippen molar-refractivity contribution in [1.82, 2.24) is 5.32 Å². The molecule has 2 unspecified atom stereocenters. The maximum atomic E-state index is 11.2. The van der Waals surface area contributed by atoms with Crippen LogP contribution in [-0.2, 0) is 14.3 Å². The minimum atomic E-state index is -0.883. The Morgan fingerprint density at radius 3 is 2.69 bits per heavy atom. The van der Waals surface area contributed by atoms with E-state index in [1.54, 1.807) is 7.11 Å². The van der Waals surface area contributed by atoms with Crippen LogP contribution >= 0.6 is 0 Å². The van der Waals surface area contributed by atoms with Crippen molar-refractivity contribution in [3.63, 3.8) is 0 Å². The fourth-order valence-corrected chi connectivity index (χ4v) is 1.17. The minimum Gasteiger partial charge on any atom is -0.481 e. The van der Waals surface area contributed by atoms with E-state index < -0.39 is 11.9 Å². The zero-order valence-corrected chi connectivity index (χ0v) is 7.45. The lowest BCUT2D eigenvalue weighted by atomic mass is 10.3. The number of carbonyl (C=O) groups excluding carboxylic acids is 1. The molecule has 5 nitrogen and oxygen atoms in total. The molecule has 1 saturated carbocycles. The van der Waals surface area contributed by atoms with E-state index in [9.17, 15) is 9.59 Å². The van der Waals surface area contributed by atoms with E-state index in [0.717, 1.165) is 0 Å². The number of hydrogen-bond donors (Lipinski definition) is 2. The maximum Gasteiger partial charge on any atom is 0.307 e. The molecule has 1 aliphatic rings. The van der Waals surface area contributed by atoms with Gasteiger partial charge < -0.3 is 15.2 Å². The van der Waals surface area contributed by atoms with Crippen molar-refractivity contribution in [3.05, 3.63) is 0 Å². The molecule has 13 heavy (non-hydrogen) atoms. The zero-order chi connectivity index (χ0) is 9.84. The molecule has 1 fully saturated rings. The molecule has 0 radical (unpaired) electrons. The Hall–Kier alpha value is -1.10. The van der Waals surface area contributed by atoms with Gasteiger partial charge in [0.1, 0.15) is 0 Å². The van der Waals surface area contributed by atoms with Crippen LogP contribution in [0.1, 0.15) is 6.42 Å². The van der Waals surface area contributed by atoms with Crippen LogP contribution in [0.15, 0.2) is 0 Å². The van der Waals surface area contributed by atoms with Crippen LogP contribution in [0.4, 0.5) is 0 Å². The molecule has 74 valence electrons. The first kappa shape index (κ1) is 9.98. The smallest absolute Gasteiger partial charge is 0.307 e. The van der Waals surface area contributed by atoms with Gasteiger partial charge in [-0.2, -0.15) is 0 Å². The van der Waals surface area contributed by atoms with Crippen LogP contribution in [0.5, 0.6) is 0 Å². The predicted molar refractivity (Wildman–Crippen MR) is 44.1 cm³/mol. The van der Waals surface area contributed by atoms with Crippen LogP contribution in [0.3, 0.4) is 0 Å². The Morgan fingerprint density at radius 1 is 1.54 bits per heavy atom. The van der Waals surface area contributed by atoms with E-state index in [4.69, 9.17) is 9.84 Å². The predicted octanol–water partition coefficient (Wildman–Crippen LogP) is -0.530. The molecule has 1 amide bonds. The van der Waals surface area contributed by atoms with Crippen LogP contribution < -0.4 is 5.32 Å². The Balaban J connectivity index is 2.16. The highest BCUT2D eigenvalue weighted by Gasteiger charge is 2.48. The Bertz CT molecular complexity index is 216. The minimum absolute atomic E-state index is 0.176. The molecule has 0 heterocycles. The van der Waals surface area contributed by atoms with E-state index >= 15 is 0 Å². The number of carbonyl (C=O) groups is 2. The molecule has 0 aliphatic heterocycles. The van der Waals surface area contributed by atoms with E-state index in [0.29, 0.717) is 19.6 Å². The van der Waals surface area contributed by atoms with Crippen molar-refractivity contribution in [2.75, 3.05) is 20.3 Å². The number of amides is 1. The quantitative estimate of drug-likeness (QED) is 0.567. The van der Waals surface area contributed by atoms with Gasteiger partial charge in [-0.05, 0) is 6.42 Å². The number of carboxylic acid groups (broad SMARTS) is 1. The number of aliphatic carboxylic acids is 1. The summed E-state index contributed by atoms with van der Waals surface area (Å²) in [6.07, 6.45) is 0.466. The summed E-state index contributed by atoms with van der Waals surface area (Å²) in [5, 5.41) is 11.1. The zero-order valence-electron chi connectivity index (χ0n) is 7.45. The lowest BCUT2D eigenvalue weighted by Crippen LogP contribution is -2.29. The molecule has 0 aromatic carbocycles. The van der Waals surface area contributed by atoms with Crippen molar-refractivity contribution in [2.24, 2.45) is 11.8 Å². The normalized spacial score (nSPS) is 25.3. The third-order valence-electron chi connectivity index (χ3n) is 2.05. The third kappa shape index (κ3) is 2.69. The first-order chi connectivity index (χ1) is 6.16. The van der Waals surface area contributed by atoms with Gasteiger partial charge in [-0.3, -0.25) is 9.59 Å². The van der Waals surface area contributed by atoms with E-state index in [1.165, 1.54) is 0 Å². The highest BCUT2D eigenvalue weighted by atomic mass is 16.5. The van der Waals surface area contributed by atoms with Crippen molar-refractivity contribution in [2.45, 2.75) is 6.42 Å². The van der Waals surface area contributed by atoms with Crippen molar-refractivity contribution in [3.8, 4) is 0 Å². The molecule has 0 saturated heterocycles. The highest BCUT2D eigenvalue weighted by molar-refractivity contribution is 5.89. The van der Waals surface area contributed by atoms with E-state index in [1.807, 2.05) is 0 Å². The summed E-state index contributed by atoms with van der Waals surface area (Å²) in [6.45, 7) is 0.897. The van der Waals surface area contributed by atoms with Crippen molar-refractivity contribution < 1.29 is 19.4 Å². The van der Waals surface area contributed by atoms with Gasteiger partial charge in [-0.1, -0.05) is 0 Å². The van der Waals surface area contributed by atoms with Gasteiger partial charge in [-0.15, -0.1) is 0 Å². The highest BCUT2D eigenvalue weighted by Crippen LogP contribution is 2.38. The first-order valence-corrected chi connectivity index (χ1v) is 4.16. The standard InChI is InChI=1S/C8H13NO4/c1-13-3-2-9-7(10)5-4-6(5)8(11)12/h5-6H,2-4H2,1H3,(H,9,10)(H,11,12). The molecule has 1 rings (SSSR count). The molecule has 0 aromatic rings. The molecule has 1 aliphatic carbocycles. The monoisotopic (exact) mass is 187 g/mol. The van der Waals surface area contributed by atoms with Crippen LogP contribution in [0.2, 0.25) is 0 Å². The number of carboxylic acids is 1. The van der Waals surface area contributed by atoms with Gasteiger partial charge in [-0.25, -0.2) is 0 Å². The Kier molecular flexibility index (Phi) is 3.25. The summed E-state index contributed by atoms with van der Waals surface area (Å²) in [6, 6.07) is 0. The Morgan fingerprint density at radius 2 is 2.23 bits per heavy atom. The number of ether oxygens (including phenoxy) is 1. The summed E-state index contributed by atoms with van der Waals surface area (Å²) in [5.74, 6) is -1.85. The summed E-state index contributed by atoms with van der Waals surface area (Å²) < 4.78 is 4.74. The lowest BCUT2D eigenvalue weighted by molar-refractivity contribution is -0.140. The SMILES string of the molecule is COCCNC(=O)C1CC1C(=O)O. The second kappa shape index (κ2) is 4.23. The average molecular weight is 187 g/mol. The summed E-state index contributed by atoms with van der Waals surface area (Å²) in [7, 11) is 1.54. The number of hydrogen-bond acceptors (Lipinski definition) is 3. The molecule has 0 bridgehead atoms. The van der Waals surface area contributed by atoms with Gasteiger partial charge >= 0.3 is 5.97 Å². The van der Waals surface area contributed by atoms with Crippen LogP contribution in [0.25, 0.3) is 0 Å². The topological polar surface area (TPSA) is 75.6 Å². The summed E-state index contributed by atoms with van der Waals surface area (Å²) >= 11 is 0. The molecule has 2 N–H and O–H groups in total. The third-order valence-corrected chi connectivity index (χ3v) is 2.05. The maximum absolute atomic E-state index is 11.2. The molecule has 2 atom stereocenters. The van der Waals surface area contributed by atoms with Gasteiger partial charge in [0.15, 0.2) is 0 Å². The fourth-order valence-electron chi connectivity index (χ4n) is 1.17. The largest absolute Gasteiger partial charge is 0.481 e. The lowest BCUT2D eigenvalue weighted by Gasteiger charge is -2.02. The molecule has 0 spiro atoms. The van der Waals surface area contributed by atoms with Crippen LogP contribution in [0, 0.1) is 11.8 Å². The molecular formula is C8H13NO4. The van der Waals surface area contributed by atoms with Crippen molar-refractivity contribution >= 4 is 11.9 Å². The average Bonchev–Trinajstić information content (AvgIpc) is 2.83. The Labute approximate surface area is 76.1 Å². The van der Waals surface area contributed by atoms with Gasteiger partial charge in [0.05, 0.1) is 18.4 Å². The molecule has 5 heteroatoms. The van der Waals surface area contributed by atoms with Crippen molar-refractivity contribution in [1.29, 1.82) is 0 Å². The second-order valence-corrected chi connectivity index (χ2v) is 3.07. The van der Waals surface area contributed by atoms with Gasteiger partial charge in [0, 0.05) is 13.7 Å². The van der Waals surface area contributed by atoms with Crippen LogP contribution in [-0.4, -0.2) is 37.2 Å². The summed E-state index contributed by atoms with van der Waals surface area (Å²) in [4.78, 5) is 21.6. The van der Waals surface area contributed by atoms with Gasteiger partial charge in [0.25, 0.3) is 0 Å². The second-order valence-electron chi connectivity index (χ2n) is 3.07. The van der Waals surface area contributed by atoms with E-state index in [2.05, 4.69) is 5.32 Å². The first-order valence-electron chi connectivity index (χ1n) is 4.16. The number of rotatable bonds is 5. The number of nitrogens with one attached hydrogen (secondary N) is 1. The molecular weight excluding hydrogens is 174 g/mol. The number of methoxy groups -OCH3 is 1. The summed E-state index contributed by atoms with van der Waals surface area (Å²) in [5.41, 5.74) is 0. The van der Waals surface area contributed by atoms with E-state index in [-0.39, 0.29) is 11.8 Å².